The Kier molecular flexibility index (Phi) is 4.11. The Hall–Kier alpha value is -4.08. The van der Waals surface area contributed by atoms with Gasteiger partial charge in [-0.1, -0.05) is 103 Å². The van der Waals surface area contributed by atoms with Crippen LogP contribution >= 0.6 is 0 Å². The van der Waals surface area contributed by atoms with Gasteiger partial charge in [0.15, 0.2) is 0 Å². The summed E-state index contributed by atoms with van der Waals surface area (Å²) in [7, 11) is 1.23. The van der Waals surface area contributed by atoms with E-state index in [1.54, 1.807) is 0 Å². The molecular formula is C31H20BO2. The molecular weight excluding hydrogens is 415 g/mol. The molecule has 1 radical (unpaired) electrons. The van der Waals surface area contributed by atoms with E-state index in [9.17, 15) is 5.02 Å². The molecule has 0 bridgehead atoms. The van der Waals surface area contributed by atoms with Gasteiger partial charge in [0.05, 0.1) is 5.41 Å². The van der Waals surface area contributed by atoms with Crippen LogP contribution in [0.5, 0.6) is 0 Å². The minimum atomic E-state index is -0.587. The molecule has 1 aromatic heterocycles. The number of hydrogen-bond acceptors (Lipinski definition) is 2. The van der Waals surface area contributed by atoms with Gasteiger partial charge in [-0.2, -0.15) is 0 Å². The Bertz CT molecular complexity index is 1640. The van der Waals surface area contributed by atoms with Crippen molar-refractivity contribution in [3.63, 3.8) is 0 Å². The van der Waals surface area contributed by atoms with Gasteiger partial charge in [0, 0.05) is 10.8 Å². The fourth-order valence-corrected chi connectivity index (χ4v) is 5.95. The molecule has 5 aromatic carbocycles. The minimum Gasteiger partial charge on any atom is -0.457 e. The third-order valence-electron chi connectivity index (χ3n) is 7.24. The Morgan fingerprint density at radius 1 is 0.618 bits per heavy atom. The van der Waals surface area contributed by atoms with Gasteiger partial charge in [-0.05, 0) is 51.0 Å². The summed E-state index contributed by atoms with van der Waals surface area (Å²) in [5.74, 6) is 0. The molecule has 7 rings (SSSR count). The summed E-state index contributed by atoms with van der Waals surface area (Å²) in [4.78, 5) is 0. The van der Waals surface area contributed by atoms with E-state index in [0.717, 1.165) is 44.1 Å². The van der Waals surface area contributed by atoms with Crippen LogP contribution in [0.1, 0.15) is 22.3 Å². The zero-order valence-electron chi connectivity index (χ0n) is 18.4. The molecule has 1 aliphatic carbocycles. The second-order valence-electron chi connectivity index (χ2n) is 8.84. The molecule has 0 aliphatic heterocycles. The molecule has 0 amide bonds. The maximum atomic E-state index is 10.7. The highest BCUT2D eigenvalue weighted by Gasteiger charge is 2.48. The van der Waals surface area contributed by atoms with Crippen LogP contribution in [-0.4, -0.2) is 12.5 Å². The van der Waals surface area contributed by atoms with E-state index in [2.05, 4.69) is 84.9 Å². The maximum absolute atomic E-state index is 10.7. The van der Waals surface area contributed by atoms with E-state index in [1.165, 1.54) is 18.6 Å². The molecule has 159 valence electrons. The number of hydrogen-bond donors (Lipinski definition) is 1. The monoisotopic (exact) mass is 435 g/mol. The number of fused-ring (bicyclic) bond motifs is 6. The molecule has 0 spiro atoms. The lowest BCUT2D eigenvalue weighted by molar-refractivity contribution is 0.612. The van der Waals surface area contributed by atoms with E-state index < -0.39 is 5.41 Å². The van der Waals surface area contributed by atoms with Crippen molar-refractivity contribution in [2.75, 3.05) is 0 Å². The van der Waals surface area contributed by atoms with Gasteiger partial charge in [-0.3, -0.25) is 0 Å². The summed E-state index contributed by atoms with van der Waals surface area (Å²) in [6.07, 6.45) is 0. The van der Waals surface area contributed by atoms with Crippen LogP contribution in [0.15, 0.2) is 120 Å². The molecule has 0 unspecified atom stereocenters. The van der Waals surface area contributed by atoms with Crippen molar-refractivity contribution in [2.45, 2.75) is 5.41 Å². The average Bonchev–Trinajstić information content (AvgIpc) is 3.42. The predicted molar refractivity (Wildman–Crippen MR) is 139 cm³/mol. The van der Waals surface area contributed by atoms with Crippen molar-refractivity contribution < 1.29 is 9.44 Å². The van der Waals surface area contributed by atoms with Crippen LogP contribution < -0.4 is 5.46 Å². The smallest absolute Gasteiger partial charge is 0.331 e. The van der Waals surface area contributed by atoms with Crippen molar-refractivity contribution in [1.29, 1.82) is 0 Å². The maximum Gasteiger partial charge on any atom is 0.331 e. The minimum absolute atomic E-state index is 0.587. The van der Waals surface area contributed by atoms with Gasteiger partial charge < -0.3 is 9.44 Å². The average molecular weight is 435 g/mol. The molecule has 2 nitrogen and oxygen atoms in total. The lowest BCUT2D eigenvalue weighted by atomic mass is 9.63. The van der Waals surface area contributed by atoms with Crippen LogP contribution in [0.25, 0.3) is 33.1 Å². The summed E-state index contributed by atoms with van der Waals surface area (Å²) in [6.45, 7) is 0. The number of benzene rings is 5. The molecule has 0 atom stereocenters. The Labute approximate surface area is 198 Å². The molecule has 1 heterocycles. The lowest BCUT2D eigenvalue weighted by Gasteiger charge is -2.35. The second-order valence-corrected chi connectivity index (χ2v) is 8.84. The third-order valence-corrected chi connectivity index (χ3v) is 7.24. The number of rotatable bonds is 3. The molecule has 3 heteroatoms. The van der Waals surface area contributed by atoms with E-state index in [4.69, 9.17) is 4.42 Å². The van der Waals surface area contributed by atoms with Gasteiger partial charge in [0.2, 0.25) is 0 Å². The highest BCUT2D eigenvalue weighted by molar-refractivity contribution is 6.52. The first-order valence-electron chi connectivity index (χ1n) is 11.5. The van der Waals surface area contributed by atoms with Gasteiger partial charge >= 0.3 is 7.48 Å². The van der Waals surface area contributed by atoms with Crippen LogP contribution in [-0.2, 0) is 5.41 Å². The van der Waals surface area contributed by atoms with Crippen LogP contribution in [0, 0.1) is 0 Å². The Balaban J connectivity index is 1.74. The van der Waals surface area contributed by atoms with Gasteiger partial charge in [0.25, 0.3) is 0 Å². The highest BCUT2D eigenvalue weighted by Crippen LogP contribution is 2.56. The van der Waals surface area contributed by atoms with Crippen molar-refractivity contribution in [3.05, 3.63) is 138 Å². The van der Waals surface area contributed by atoms with Crippen LogP contribution in [0.2, 0.25) is 0 Å². The van der Waals surface area contributed by atoms with Gasteiger partial charge in [-0.25, -0.2) is 0 Å². The summed E-state index contributed by atoms with van der Waals surface area (Å²) in [6, 6.07) is 40.1. The predicted octanol–water partition coefficient (Wildman–Crippen LogP) is 6.19. The number of furan rings is 1. The first kappa shape index (κ1) is 19.4. The lowest BCUT2D eigenvalue weighted by Crippen LogP contribution is -2.36. The third kappa shape index (κ3) is 2.40. The van der Waals surface area contributed by atoms with Crippen LogP contribution in [0.3, 0.4) is 0 Å². The number of para-hydroxylation sites is 1. The molecule has 34 heavy (non-hydrogen) atoms. The topological polar surface area (TPSA) is 33.4 Å². The van der Waals surface area contributed by atoms with Gasteiger partial charge in [0.1, 0.15) is 11.2 Å². The van der Waals surface area contributed by atoms with E-state index in [-0.39, 0.29) is 0 Å². The summed E-state index contributed by atoms with van der Waals surface area (Å²) in [5, 5.41) is 12.8. The quantitative estimate of drug-likeness (QED) is 0.336. The normalized spacial score (nSPS) is 13.7. The molecule has 0 saturated carbocycles. The zero-order valence-corrected chi connectivity index (χ0v) is 18.4. The molecule has 0 fully saturated rings. The Morgan fingerprint density at radius 3 is 1.94 bits per heavy atom. The standard InChI is InChI=1S/C31H20BO2/c33-32-29-28-24(19-25-23-16-8-10-18-27(23)34-30(25)29)22-15-7-9-17-26(22)31(28,20-11-3-1-4-12-20)21-13-5-2-6-14-21/h1-19,33H. The second kappa shape index (κ2) is 7.21. The molecule has 1 N–H and O–H groups in total. The fraction of sp³-hybridized carbons (Fsp3) is 0.0323. The zero-order chi connectivity index (χ0) is 22.7. The van der Waals surface area contributed by atoms with Crippen molar-refractivity contribution in [2.24, 2.45) is 0 Å². The van der Waals surface area contributed by atoms with Crippen molar-refractivity contribution in [3.8, 4) is 11.1 Å². The molecule has 0 saturated heterocycles. The summed E-state index contributed by atoms with van der Waals surface area (Å²) in [5.41, 5.74) is 8.57. The molecule has 6 aromatic rings. The first-order valence-corrected chi connectivity index (χ1v) is 11.5. The summed E-state index contributed by atoms with van der Waals surface area (Å²) < 4.78 is 6.37. The molecule has 1 aliphatic rings. The van der Waals surface area contributed by atoms with Crippen molar-refractivity contribution in [1.82, 2.24) is 0 Å². The van der Waals surface area contributed by atoms with E-state index in [0.29, 0.717) is 5.58 Å². The highest BCUT2D eigenvalue weighted by atomic mass is 16.3. The SMILES string of the molecule is O[B]c1c2c(cc3c1oc1ccccc13)-c1ccccc1C2(c1ccccc1)c1ccccc1. The van der Waals surface area contributed by atoms with E-state index in [1.807, 2.05) is 30.3 Å². The largest absolute Gasteiger partial charge is 0.457 e. The Morgan fingerprint density at radius 2 is 1.24 bits per heavy atom. The fourth-order valence-electron chi connectivity index (χ4n) is 5.95. The van der Waals surface area contributed by atoms with Crippen molar-refractivity contribution >= 4 is 34.9 Å². The van der Waals surface area contributed by atoms with Crippen LogP contribution in [0.4, 0.5) is 0 Å². The van der Waals surface area contributed by atoms with E-state index >= 15 is 0 Å². The summed E-state index contributed by atoms with van der Waals surface area (Å²) >= 11 is 0. The first-order chi connectivity index (χ1) is 16.8. The van der Waals surface area contributed by atoms with Gasteiger partial charge in [-0.15, -0.1) is 0 Å².